The molecule has 0 fully saturated rings. The van der Waals surface area contributed by atoms with Crippen molar-refractivity contribution in [1.29, 1.82) is 5.26 Å². The van der Waals surface area contributed by atoms with Crippen LogP contribution in [0.25, 0.3) is 11.4 Å². The molecule has 5 nitrogen and oxygen atoms in total. The van der Waals surface area contributed by atoms with E-state index in [1.165, 1.54) is 0 Å². The van der Waals surface area contributed by atoms with Crippen molar-refractivity contribution in [3.63, 3.8) is 0 Å². The van der Waals surface area contributed by atoms with Crippen LogP contribution in [0.15, 0.2) is 24.3 Å². The van der Waals surface area contributed by atoms with Gasteiger partial charge in [-0.15, -0.1) is 0 Å². The van der Waals surface area contributed by atoms with Crippen LogP contribution >= 0.6 is 0 Å². The number of Topliss-reactive ketones (excluding diaryl/α,β-unsaturated/α-hetero) is 1. The molecule has 2 aromatic rings. The molecular weight excluding hydrogens is 266 g/mol. The predicted octanol–water partition coefficient (Wildman–Crippen LogP) is 2.81. The summed E-state index contributed by atoms with van der Waals surface area (Å²) in [5.74, 6) is 0.256. The Morgan fingerprint density at radius 3 is 2.57 bits per heavy atom. The molecule has 106 valence electrons. The number of imidazole rings is 1. The molecule has 1 heterocycles. The van der Waals surface area contributed by atoms with Gasteiger partial charge in [0.05, 0.1) is 17.3 Å². The Morgan fingerprint density at radius 1 is 1.29 bits per heavy atom. The normalized spacial score (nSPS) is 16.3. The number of fused-ring (bicyclic) bond motifs is 1. The van der Waals surface area contributed by atoms with Gasteiger partial charge in [-0.05, 0) is 36.1 Å². The quantitative estimate of drug-likeness (QED) is 0.815. The second-order valence-corrected chi connectivity index (χ2v) is 6.17. The van der Waals surface area contributed by atoms with Gasteiger partial charge in [-0.1, -0.05) is 13.8 Å². The third-order valence-corrected chi connectivity index (χ3v) is 3.75. The van der Waals surface area contributed by atoms with Crippen LogP contribution in [0.5, 0.6) is 0 Å². The molecule has 5 heteroatoms. The molecule has 0 radical (unpaired) electrons. The summed E-state index contributed by atoms with van der Waals surface area (Å²) in [5, 5.41) is 19.1. The van der Waals surface area contributed by atoms with Crippen molar-refractivity contribution in [2.45, 2.75) is 26.7 Å². The van der Waals surface area contributed by atoms with Gasteiger partial charge in [-0.3, -0.25) is 4.79 Å². The average Bonchev–Trinajstić information content (AvgIpc) is 2.74. The van der Waals surface area contributed by atoms with Crippen LogP contribution in [0, 0.1) is 16.7 Å². The van der Waals surface area contributed by atoms with Gasteiger partial charge in [0.2, 0.25) is 0 Å². The summed E-state index contributed by atoms with van der Waals surface area (Å²) in [4.78, 5) is 16.6. The van der Waals surface area contributed by atoms with E-state index in [0.717, 1.165) is 4.73 Å². The molecule has 0 unspecified atom stereocenters. The summed E-state index contributed by atoms with van der Waals surface area (Å²) in [7, 11) is 0. The van der Waals surface area contributed by atoms with Crippen molar-refractivity contribution in [3.05, 3.63) is 41.2 Å². The molecule has 1 aromatic carbocycles. The molecule has 0 atom stereocenters. The lowest BCUT2D eigenvalue weighted by atomic mass is 9.77. The predicted molar refractivity (Wildman–Crippen MR) is 76.0 cm³/mol. The van der Waals surface area contributed by atoms with Gasteiger partial charge in [0.25, 0.3) is 0 Å². The summed E-state index contributed by atoms with van der Waals surface area (Å²) in [6, 6.07) is 8.80. The maximum atomic E-state index is 12.2. The molecule has 21 heavy (non-hydrogen) atoms. The van der Waals surface area contributed by atoms with Crippen molar-refractivity contribution in [1.82, 2.24) is 9.71 Å². The van der Waals surface area contributed by atoms with Gasteiger partial charge in [0.1, 0.15) is 5.69 Å². The summed E-state index contributed by atoms with van der Waals surface area (Å²) < 4.78 is 0.883. The molecule has 0 aliphatic heterocycles. The lowest BCUT2D eigenvalue weighted by Gasteiger charge is -2.27. The largest absolute Gasteiger partial charge is 0.426 e. The van der Waals surface area contributed by atoms with E-state index in [1.807, 2.05) is 19.9 Å². The van der Waals surface area contributed by atoms with E-state index >= 15 is 0 Å². The first-order valence-corrected chi connectivity index (χ1v) is 6.76. The van der Waals surface area contributed by atoms with Crippen LogP contribution in [0.2, 0.25) is 0 Å². The maximum absolute atomic E-state index is 12.2. The topological polar surface area (TPSA) is 78.9 Å². The van der Waals surface area contributed by atoms with Gasteiger partial charge >= 0.3 is 0 Å². The van der Waals surface area contributed by atoms with E-state index in [-0.39, 0.29) is 16.9 Å². The van der Waals surface area contributed by atoms with E-state index in [0.29, 0.717) is 35.5 Å². The van der Waals surface area contributed by atoms with Crippen LogP contribution in [0.4, 0.5) is 0 Å². The van der Waals surface area contributed by atoms with Crippen molar-refractivity contribution >= 4 is 5.78 Å². The lowest BCUT2D eigenvalue weighted by Crippen LogP contribution is -2.28. The van der Waals surface area contributed by atoms with E-state index < -0.39 is 0 Å². The van der Waals surface area contributed by atoms with Crippen LogP contribution in [-0.4, -0.2) is 20.7 Å². The molecule has 0 bridgehead atoms. The number of carbonyl (C=O) groups is 1. The number of nitriles is 1. The van der Waals surface area contributed by atoms with Gasteiger partial charge < -0.3 is 5.21 Å². The molecule has 1 aliphatic rings. The number of rotatable bonds is 1. The van der Waals surface area contributed by atoms with Crippen molar-refractivity contribution < 1.29 is 10.0 Å². The molecule has 1 aliphatic carbocycles. The maximum Gasteiger partial charge on any atom is 0.185 e. The second-order valence-electron chi connectivity index (χ2n) is 6.17. The third kappa shape index (κ3) is 2.19. The standard InChI is InChI=1S/C16H15N3O2/c1-16(2)7-12-14(13(20)8-16)19(21)15(18-12)11-5-3-10(9-17)4-6-11/h3-6,21H,7-8H2,1-2H3. The second kappa shape index (κ2) is 4.45. The number of ketones is 1. The molecule has 3 rings (SSSR count). The number of aromatic nitrogens is 2. The van der Waals surface area contributed by atoms with Crippen LogP contribution in [0.3, 0.4) is 0 Å². The fourth-order valence-electron chi connectivity index (χ4n) is 2.77. The first-order valence-electron chi connectivity index (χ1n) is 6.76. The Bertz CT molecular complexity index is 764. The highest BCUT2D eigenvalue weighted by molar-refractivity contribution is 5.97. The minimum atomic E-state index is -0.139. The SMILES string of the molecule is CC1(C)CC(=O)c2c(nc(-c3ccc(C#N)cc3)n2O)C1. The third-order valence-electron chi connectivity index (χ3n) is 3.75. The summed E-state index contributed by atoms with van der Waals surface area (Å²) in [5.41, 5.74) is 2.00. The van der Waals surface area contributed by atoms with Crippen LogP contribution in [-0.2, 0) is 6.42 Å². The number of hydrogen-bond acceptors (Lipinski definition) is 4. The van der Waals surface area contributed by atoms with Crippen LogP contribution < -0.4 is 0 Å². The molecule has 0 spiro atoms. The minimum absolute atomic E-state index is 0.0869. The monoisotopic (exact) mass is 281 g/mol. The number of benzene rings is 1. The highest BCUT2D eigenvalue weighted by Crippen LogP contribution is 2.36. The van der Waals surface area contributed by atoms with Gasteiger partial charge in [-0.2, -0.15) is 9.99 Å². The molecule has 0 amide bonds. The number of nitrogens with zero attached hydrogens (tertiary/aromatic N) is 3. The van der Waals surface area contributed by atoms with Crippen molar-refractivity contribution in [2.75, 3.05) is 0 Å². The van der Waals surface area contributed by atoms with Crippen molar-refractivity contribution in [3.8, 4) is 17.5 Å². The van der Waals surface area contributed by atoms with Crippen LogP contribution in [0.1, 0.15) is 42.0 Å². The Kier molecular flexibility index (Phi) is 2.84. The van der Waals surface area contributed by atoms with E-state index in [9.17, 15) is 10.0 Å². The summed E-state index contributed by atoms with van der Waals surface area (Å²) in [6.45, 7) is 4.04. The van der Waals surface area contributed by atoms with E-state index in [4.69, 9.17) is 5.26 Å². The fraction of sp³-hybridized carbons (Fsp3) is 0.312. The zero-order valence-electron chi connectivity index (χ0n) is 11.9. The Morgan fingerprint density at radius 2 is 1.95 bits per heavy atom. The lowest BCUT2D eigenvalue weighted by molar-refractivity contribution is 0.0858. The molecule has 0 saturated heterocycles. The van der Waals surface area contributed by atoms with Gasteiger partial charge in [-0.25, -0.2) is 4.98 Å². The zero-order valence-corrected chi connectivity index (χ0v) is 11.9. The summed E-state index contributed by atoms with van der Waals surface area (Å²) in [6.07, 6.45) is 1.06. The first-order chi connectivity index (χ1) is 9.91. The average molecular weight is 281 g/mol. The van der Waals surface area contributed by atoms with Gasteiger partial charge in [0, 0.05) is 12.0 Å². The first kappa shape index (κ1) is 13.4. The molecule has 1 aromatic heterocycles. The number of carbonyl (C=O) groups excluding carboxylic acids is 1. The van der Waals surface area contributed by atoms with Crippen molar-refractivity contribution in [2.24, 2.45) is 5.41 Å². The van der Waals surface area contributed by atoms with Gasteiger partial charge in [0.15, 0.2) is 11.6 Å². The Balaban J connectivity index is 2.10. The Labute approximate surface area is 122 Å². The van der Waals surface area contributed by atoms with E-state index in [1.54, 1.807) is 24.3 Å². The zero-order chi connectivity index (χ0) is 15.2. The van der Waals surface area contributed by atoms with E-state index in [2.05, 4.69) is 4.98 Å². The highest BCUT2D eigenvalue weighted by Gasteiger charge is 2.36. The minimum Gasteiger partial charge on any atom is -0.426 e. The Hall–Kier alpha value is -2.61. The molecular formula is C16H15N3O2. The number of hydrogen-bond donors (Lipinski definition) is 1. The smallest absolute Gasteiger partial charge is 0.185 e. The molecule has 0 saturated carbocycles. The fourth-order valence-corrected chi connectivity index (χ4v) is 2.77. The summed E-state index contributed by atoms with van der Waals surface area (Å²) >= 11 is 0. The highest BCUT2D eigenvalue weighted by atomic mass is 16.5. The molecule has 1 N–H and O–H groups in total.